The first-order chi connectivity index (χ1) is 18.5. The third-order valence-electron chi connectivity index (χ3n) is 6.64. The number of hydrogen-bond acceptors (Lipinski definition) is 13. The third kappa shape index (κ3) is 5.60. The summed E-state index contributed by atoms with van der Waals surface area (Å²) in [6, 6.07) is 6.67. The molecule has 5 rings (SSSR count). The van der Waals surface area contributed by atoms with Gasteiger partial charge in [0.1, 0.15) is 18.3 Å². The zero-order valence-electron chi connectivity index (χ0n) is 20.1. The Balaban J connectivity index is 1.39. The predicted octanol–water partition coefficient (Wildman–Crippen LogP) is 1.15. The summed E-state index contributed by atoms with van der Waals surface area (Å²) in [4.78, 5) is 27.0. The minimum absolute atomic E-state index is 0.00717. The van der Waals surface area contributed by atoms with E-state index >= 15 is 0 Å². The van der Waals surface area contributed by atoms with Crippen molar-refractivity contribution < 1.29 is 39.5 Å². The fraction of sp³-hybridized carbons (Fsp3) is 0.478. The van der Waals surface area contributed by atoms with Crippen molar-refractivity contribution in [3.63, 3.8) is 0 Å². The summed E-state index contributed by atoms with van der Waals surface area (Å²) in [5, 5.41) is 48.3. The van der Waals surface area contributed by atoms with Crippen molar-refractivity contribution in [1.82, 2.24) is 24.8 Å². The zero-order chi connectivity index (χ0) is 26.6. The van der Waals surface area contributed by atoms with E-state index in [1.807, 2.05) is 0 Å². The van der Waals surface area contributed by atoms with Gasteiger partial charge in [-0.15, -0.1) is 4.33 Å². The lowest BCUT2D eigenvalue weighted by Gasteiger charge is -2.18. The van der Waals surface area contributed by atoms with Crippen LogP contribution >= 0.6 is 12.0 Å². The Labute approximate surface area is 221 Å². The summed E-state index contributed by atoms with van der Waals surface area (Å²) in [6.45, 7) is -0.447. The fourth-order valence-corrected chi connectivity index (χ4v) is 5.03. The molecule has 1 aliphatic carbocycles. The Kier molecular flexibility index (Phi) is 8.35. The van der Waals surface area contributed by atoms with Gasteiger partial charge in [-0.2, -0.15) is 0 Å². The van der Waals surface area contributed by atoms with Crippen LogP contribution in [0, 0.1) is 0 Å². The monoisotopic (exact) mass is 548 g/mol. The molecule has 0 radical (unpaired) electrons. The molecule has 204 valence electrons. The molecule has 2 aromatic heterocycles. The first-order valence-corrected chi connectivity index (χ1v) is 12.9. The van der Waals surface area contributed by atoms with Crippen LogP contribution in [0.1, 0.15) is 48.1 Å². The van der Waals surface area contributed by atoms with Crippen LogP contribution in [0.4, 0.5) is 5.82 Å². The smallest absolute Gasteiger partial charge is 0.251 e. The highest BCUT2D eigenvalue weighted by Crippen LogP contribution is 2.33. The van der Waals surface area contributed by atoms with Gasteiger partial charge in [0.05, 0.1) is 31.5 Å². The van der Waals surface area contributed by atoms with E-state index in [1.54, 1.807) is 24.3 Å². The number of rotatable bonds is 10. The van der Waals surface area contributed by atoms with Gasteiger partial charge in [0.15, 0.2) is 29.0 Å². The molecule has 14 nitrogen and oxygen atoms in total. The molecule has 6 N–H and O–H groups in total. The Morgan fingerprint density at radius 1 is 1.16 bits per heavy atom. The molecule has 3 heterocycles. The van der Waals surface area contributed by atoms with Crippen LogP contribution in [0.15, 0.2) is 35.5 Å². The number of amides is 1. The van der Waals surface area contributed by atoms with E-state index in [0.29, 0.717) is 33.3 Å². The standard InChI is InChI=1S/C23H28N6O8S/c30-10-15-18(31)19(32)23(35-15)29-11-25-17-20(26-13-3-1-2-4-13)27-16(28-21(17)29)9-24-22(33)12-5-7-14(8-6-12)38-37-36-34/h5-8,11,13,15,18-19,23,30-32,34H,1-4,9-10H2,(H,24,33)(H,26,27,28)/t15-,18-,19-,23-/m1/s1. The van der Waals surface area contributed by atoms with E-state index in [1.165, 1.54) is 10.9 Å². The molecule has 0 unspecified atom stereocenters. The fourth-order valence-electron chi connectivity index (χ4n) is 4.68. The molecule has 2 fully saturated rings. The highest BCUT2D eigenvalue weighted by Gasteiger charge is 2.44. The zero-order valence-corrected chi connectivity index (χ0v) is 21.0. The molecule has 1 aromatic carbocycles. The van der Waals surface area contributed by atoms with E-state index in [9.17, 15) is 20.1 Å². The molecular weight excluding hydrogens is 520 g/mol. The normalized spacial score (nSPS) is 23.8. The average Bonchev–Trinajstić information content (AvgIpc) is 3.67. The summed E-state index contributed by atoms with van der Waals surface area (Å²) < 4.78 is 11.6. The topological polar surface area (TPSA) is 193 Å². The van der Waals surface area contributed by atoms with Gasteiger partial charge in [-0.25, -0.2) is 20.2 Å². The van der Waals surface area contributed by atoms with Gasteiger partial charge >= 0.3 is 0 Å². The molecule has 0 bridgehead atoms. The summed E-state index contributed by atoms with van der Waals surface area (Å²) in [6.07, 6.45) is 1.14. The molecule has 3 aromatic rings. The Morgan fingerprint density at radius 3 is 2.61 bits per heavy atom. The van der Waals surface area contributed by atoms with Crippen LogP contribution in [-0.2, 0) is 20.7 Å². The maximum Gasteiger partial charge on any atom is 0.251 e. The highest BCUT2D eigenvalue weighted by molar-refractivity contribution is 7.94. The lowest BCUT2D eigenvalue weighted by molar-refractivity contribution is -0.432. The largest absolute Gasteiger partial charge is 0.394 e. The number of anilines is 1. The number of carbonyl (C=O) groups excluding carboxylic acids is 1. The quantitative estimate of drug-likeness (QED) is 0.120. The molecule has 1 amide bonds. The summed E-state index contributed by atoms with van der Waals surface area (Å²) >= 11 is 0.784. The van der Waals surface area contributed by atoms with Crippen LogP contribution < -0.4 is 10.6 Å². The van der Waals surface area contributed by atoms with E-state index in [2.05, 4.69) is 35.0 Å². The summed E-state index contributed by atoms with van der Waals surface area (Å²) in [5.74, 6) is 0.455. The number of hydrogen-bond donors (Lipinski definition) is 6. The van der Waals surface area contributed by atoms with Crippen LogP contribution in [0.25, 0.3) is 11.2 Å². The molecule has 38 heavy (non-hydrogen) atoms. The van der Waals surface area contributed by atoms with Crippen molar-refractivity contribution in [3.05, 3.63) is 42.0 Å². The molecule has 2 aliphatic rings. The number of imidazole rings is 1. The van der Waals surface area contributed by atoms with Gasteiger partial charge < -0.3 is 30.7 Å². The molecule has 1 saturated carbocycles. The number of aromatic nitrogens is 4. The highest BCUT2D eigenvalue weighted by atomic mass is 32.2. The van der Waals surface area contributed by atoms with Gasteiger partial charge in [0, 0.05) is 16.5 Å². The predicted molar refractivity (Wildman–Crippen MR) is 132 cm³/mol. The molecule has 0 spiro atoms. The minimum Gasteiger partial charge on any atom is -0.394 e. The number of aliphatic hydroxyl groups excluding tert-OH is 3. The van der Waals surface area contributed by atoms with Crippen molar-refractivity contribution >= 4 is 34.9 Å². The Bertz CT molecular complexity index is 1250. The number of aliphatic hydroxyl groups is 3. The third-order valence-corrected chi connectivity index (χ3v) is 7.23. The van der Waals surface area contributed by atoms with E-state index < -0.39 is 31.1 Å². The van der Waals surface area contributed by atoms with Crippen LogP contribution in [-0.4, -0.2) is 77.0 Å². The van der Waals surface area contributed by atoms with Crippen LogP contribution in [0.5, 0.6) is 0 Å². The molecule has 4 atom stereocenters. The van der Waals surface area contributed by atoms with Crippen LogP contribution in [0.2, 0.25) is 0 Å². The maximum absolute atomic E-state index is 12.7. The first kappa shape index (κ1) is 26.7. The van der Waals surface area contributed by atoms with Gasteiger partial charge in [-0.05, 0) is 37.1 Å². The van der Waals surface area contributed by atoms with Gasteiger partial charge in [-0.1, -0.05) is 17.9 Å². The summed E-state index contributed by atoms with van der Waals surface area (Å²) in [7, 11) is 0. The maximum atomic E-state index is 12.7. The SMILES string of the molecule is O=C(NCc1nc(NC2CCCC2)c2ncn([C@@H]3O[C@H](CO)[C@@H](O)[C@H]3O)c2n1)c1ccc(SOOO)cc1. The molecule has 1 aliphatic heterocycles. The second-order valence-electron chi connectivity index (χ2n) is 9.10. The number of benzene rings is 1. The van der Waals surface area contributed by atoms with Crippen molar-refractivity contribution in [2.45, 2.75) is 67.7 Å². The average molecular weight is 549 g/mol. The molecule has 15 heteroatoms. The number of ether oxygens (including phenoxy) is 1. The minimum atomic E-state index is -1.30. The van der Waals surface area contributed by atoms with Gasteiger partial charge in [-0.3, -0.25) is 9.36 Å². The number of carbonyl (C=O) groups is 1. The van der Waals surface area contributed by atoms with Crippen molar-refractivity contribution in [2.24, 2.45) is 0 Å². The van der Waals surface area contributed by atoms with E-state index in [-0.39, 0.29) is 18.5 Å². The van der Waals surface area contributed by atoms with E-state index in [4.69, 9.17) is 9.99 Å². The van der Waals surface area contributed by atoms with Crippen molar-refractivity contribution in [1.29, 1.82) is 0 Å². The number of nitrogens with one attached hydrogen (secondary N) is 2. The second-order valence-corrected chi connectivity index (χ2v) is 9.87. The van der Waals surface area contributed by atoms with Gasteiger partial charge in [0.25, 0.3) is 5.91 Å². The van der Waals surface area contributed by atoms with Crippen molar-refractivity contribution in [3.8, 4) is 0 Å². The Hall–Kier alpha value is -2.89. The Morgan fingerprint density at radius 2 is 1.92 bits per heavy atom. The van der Waals surface area contributed by atoms with Crippen molar-refractivity contribution in [2.75, 3.05) is 11.9 Å². The second kappa shape index (κ2) is 11.9. The summed E-state index contributed by atoms with van der Waals surface area (Å²) in [5.41, 5.74) is 1.21. The number of nitrogens with zero attached hydrogens (tertiary/aromatic N) is 4. The van der Waals surface area contributed by atoms with Crippen LogP contribution in [0.3, 0.4) is 0 Å². The lowest BCUT2D eigenvalue weighted by Crippen LogP contribution is -2.33. The lowest BCUT2D eigenvalue weighted by atomic mass is 10.1. The molecular formula is C23H28N6O8S. The van der Waals surface area contributed by atoms with E-state index in [0.717, 1.165) is 37.7 Å². The molecule has 1 saturated heterocycles. The first-order valence-electron chi connectivity index (χ1n) is 12.1. The van der Waals surface area contributed by atoms with Gasteiger partial charge in [0.2, 0.25) is 0 Å². The number of fused-ring (bicyclic) bond motifs is 1.